The van der Waals surface area contributed by atoms with Gasteiger partial charge in [0.05, 0.1) is 11.8 Å². The van der Waals surface area contributed by atoms with Crippen molar-refractivity contribution >= 4 is 17.6 Å². The van der Waals surface area contributed by atoms with Crippen LogP contribution in [0.2, 0.25) is 0 Å². The number of amides is 1. The number of rotatable bonds is 3. The van der Waals surface area contributed by atoms with Gasteiger partial charge in [0.1, 0.15) is 5.82 Å². The lowest BCUT2D eigenvalue weighted by molar-refractivity contribution is -0.118. The van der Waals surface area contributed by atoms with Gasteiger partial charge in [-0.3, -0.25) is 9.89 Å². The van der Waals surface area contributed by atoms with E-state index in [-0.39, 0.29) is 17.7 Å². The Bertz CT molecular complexity index is 579. The number of anilines is 1. The Kier molecular flexibility index (Phi) is 2.33. The number of H-pyrrole nitrogens is 1. The second kappa shape index (κ2) is 3.97. The fourth-order valence-corrected chi connectivity index (χ4v) is 4.51. The largest absolute Gasteiger partial charge is 0.409 e. The smallest absolute Gasteiger partial charge is 0.229 e. The van der Waals surface area contributed by atoms with Crippen molar-refractivity contribution in [3.05, 3.63) is 11.8 Å². The van der Waals surface area contributed by atoms with Crippen molar-refractivity contribution in [3.63, 3.8) is 0 Å². The normalized spacial score (nSPS) is 37.8. The van der Waals surface area contributed by atoms with Gasteiger partial charge in [-0.05, 0) is 42.9 Å². The van der Waals surface area contributed by atoms with Crippen LogP contribution in [0.4, 0.5) is 5.82 Å². The van der Waals surface area contributed by atoms with Crippen LogP contribution in [0.25, 0.3) is 0 Å². The molecule has 7 heteroatoms. The Balaban J connectivity index is 1.48. The van der Waals surface area contributed by atoms with E-state index < -0.39 is 0 Å². The maximum Gasteiger partial charge on any atom is 0.229 e. The molecule has 0 saturated heterocycles. The van der Waals surface area contributed by atoms with Crippen LogP contribution in [0.1, 0.15) is 24.8 Å². The number of oxime groups is 1. The maximum atomic E-state index is 12.4. The number of nitrogens with one attached hydrogen (secondary N) is 2. The summed E-state index contributed by atoms with van der Waals surface area (Å²) in [6.45, 7) is 0. The molecule has 3 fully saturated rings. The van der Waals surface area contributed by atoms with E-state index >= 15 is 0 Å². The van der Waals surface area contributed by atoms with Crippen molar-refractivity contribution in [2.45, 2.75) is 19.3 Å². The molecule has 1 amide bonds. The van der Waals surface area contributed by atoms with E-state index in [1.807, 2.05) is 0 Å². The maximum absolute atomic E-state index is 12.4. The van der Waals surface area contributed by atoms with Gasteiger partial charge in [0.15, 0.2) is 5.84 Å². The molecule has 0 aliphatic heterocycles. The molecule has 5 N–H and O–H groups in total. The van der Waals surface area contributed by atoms with Crippen molar-refractivity contribution in [2.75, 3.05) is 5.32 Å². The lowest BCUT2D eigenvalue weighted by Gasteiger charge is -2.09. The quantitative estimate of drug-likeness (QED) is 0.281. The van der Waals surface area contributed by atoms with Crippen LogP contribution in [0.3, 0.4) is 0 Å². The second-order valence-corrected chi connectivity index (χ2v) is 6.15. The van der Waals surface area contributed by atoms with Crippen LogP contribution in [0, 0.1) is 29.6 Å². The molecule has 4 unspecified atom stereocenters. The summed E-state index contributed by atoms with van der Waals surface area (Å²) in [4.78, 5) is 12.4. The molecule has 7 nitrogen and oxygen atoms in total. The Hall–Kier alpha value is -2.05. The Morgan fingerprint density at radius 3 is 2.80 bits per heavy atom. The number of carbonyl (C=O) groups is 1. The van der Waals surface area contributed by atoms with Crippen LogP contribution < -0.4 is 11.1 Å². The first-order chi connectivity index (χ1) is 9.70. The average Bonchev–Trinajstić information content (AvgIpc) is 2.83. The molecule has 0 spiro atoms. The second-order valence-electron chi connectivity index (χ2n) is 6.15. The zero-order valence-electron chi connectivity index (χ0n) is 10.9. The number of carbonyl (C=O) groups excluding carboxylic acids is 1. The van der Waals surface area contributed by atoms with E-state index in [9.17, 15) is 4.79 Å². The summed E-state index contributed by atoms with van der Waals surface area (Å²) in [6, 6.07) is 0. The van der Waals surface area contributed by atoms with Crippen LogP contribution in [0.5, 0.6) is 0 Å². The number of hydrogen-bond donors (Lipinski definition) is 4. The highest BCUT2D eigenvalue weighted by molar-refractivity contribution is 6.05. The molecule has 3 saturated carbocycles. The van der Waals surface area contributed by atoms with E-state index in [4.69, 9.17) is 10.9 Å². The Morgan fingerprint density at radius 2 is 2.15 bits per heavy atom. The highest BCUT2D eigenvalue weighted by Crippen LogP contribution is 2.69. The molecule has 0 aromatic carbocycles. The van der Waals surface area contributed by atoms with Crippen LogP contribution in [0.15, 0.2) is 11.4 Å². The summed E-state index contributed by atoms with van der Waals surface area (Å²) in [5.41, 5.74) is 5.95. The van der Waals surface area contributed by atoms with Crippen LogP contribution in [-0.4, -0.2) is 27.1 Å². The third kappa shape index (κ3) is 1.49. The summed E-state index contributed by atoms with van der Waals surface area (Å²) in [7, 11) is 0. The standard InChI is InChI=1S/C13H17N5O2/c14-11(18-20)7-4-15-17-12(7)16-13(19)10-8-5-1-2-6(3-5)9(8)10/h4-6,8-10,20H,1-3H2,(H2,14,18)(H2,15,16,17,19). The van der Waals surface area contributed by atoms with Crippen molar-refractivity contribution in [1.29, 1.82) is 0 Å². The number of aromatic amines is 1. The van der Waals surface area contributed by atoms with Crippen molar-refractivity contribution in [2.24, 2.45) is 40.5 Å². The summed E-state index contributed by atoms with van der Waals surface area (Å²) < 4.78 is 0. The highest BCUT2D eigenvalue weighted by Gasteiger charge is 2.67. The van der Waals surface area contributed by atoms with Gasteiger partial charge in [-0.15, -0.1) is 0 Å². The molecule has 1 aromatic rings. The van der Waals surface area contributed by atoms with E-state index in [1.54, 1.807) is 0 Å². The Morgan fingerprint density at radius 1 is 1.45 bits per heavy atom. The first kappa shape index (κ1) is 11.7. The summed E-state index contributed by atoms with van der Waals surface area (Å²) in [6.07, 6.45) is 5.32. The predicted molar refractivity (Wildman–Crippen MR) is 71.0 cm³/mol. The monoisotopic (exact) mass is 275 g/mol. The predicted octanol–water partition coefficient (Wildman–Crippen LogP) is 0.735. The molecular formula is C13H17N5O2. The van der Waals surface area contributed by atoms with Gasteiger partial charge in [0.2, 0.25) is 5.91 Å². The molecule has 20 heavy (non-hydrogen) atoms. The third-order valence-electron chi connectivity index (χ3n) is 5.31. The van der Waals surface area contributed by atoms with E-state index in [2.05, 4.69) is 20.7 Å². The number of nitrogens with zero attached hydrogens (tertiary/aromatic N) is 2. The first-order valence-electron chi connectivity index (χ1n) is 7.03. The molecular weight excluding hydrogens is 258 g/mol. The van der Waals surface area contributed by atoms with Crippen LogP contribution in [-0.2, 0) is 4.79 Å². The molecule has 4 rings (SSSR count). The van der Waals surface area contributed by atoms with Crippen molar-refractivity contribution in [1.82, 2.24) is 10.2 Å². The van der Waals surface area contributed by atoms with Gasteiger partial charge < -0.3 is 16.3 Å². The minimum atomic E-state index is -0.0647. The summed E-state index contributed by atoms with van der Waals surface area (Å²) in [5.74, 6) is 3.20. The van der Waals surface area contributed by atoms with E-state index in [0.717, 1.165) is 11.8 Å². The van der Waals surface area contributed by atoms with Gasteiger partial charge in [-0.25, -0.2) is 0 Å². The molecule has 1 heterocycles. The molecule has 106 valence electrons. The fraction of sp³-hybridized carbons (Fsp3) is 0.615. The molecule has 3 aliphatic rings. The molecule has 1 aromatic heterocycles. The van der Waals surface area contributed by atoms with E-state index in [1.165, 1.54) is 25.5 Å². The minimum Gasteiger partial charge on any atom is -0.409 e. The molecule has 0 radical (unpaired) electrons. The number of aromatic nitrogens is 2. The van der Waals surface area contributed by atoms with Gasteiger partial charge >= 0.3 is 0 Å². The van der Waals surface area contributed by atoms with Gasteiger partial charge in [-0.2, -0.15) is 5.10 Å². The lowest BCUT2D eigenvalue weighted by atomic mass is 10.0. The zero-order chi connectivity index (χ0) is 13.9. The summed E-state index contributed by atoms with van der Waals surface area (Å²) in [5, 5.41) is 21.0. The highest BCUT2D eigenvalue weighted by atomic mass is 16.4. The fourth-order valence-electron chi connectivity index (χ4n) is 4.51. The van der Waals surface area contributed by atoms with Crippen molar-refractivity contribution in [3.8, 4) is 0 Å². The lowest BCUT2D eigenvalue weighted by Crippen LogP contribution is -2.21. The molecule has 3 aliphatic carbocycles. The Labute approximate surface area is 115 Å². The molecule has 2 bridgehead atoms. The third-order valence-corrected chi connectivity index (χ3v) is 5.31. The van der Waals surface area contributed by atoms with E-state index in [0.29, 0.717) is 23.2 Å². The van der Waals surface area contributed by atoms with Gasteiger partial charge in [-0.1, -0.05) is 5.16 Å². The van der Waals surface area contributed by atoms with Crippen LogP contribution >= 0.6 is 0 Å². The van der Waals surface area contributed by atoms with Gasteiger partial charge in [0.25, 0.3) is 0 Å². The zero-order valence-corrected chi connectivity index (χ0v) is 10.9. The van der Waals surface area contributed by atoms with Crippen molar-refractivity contribution < 1.29 is 10.0 Å². The summed E-state index contributed by atoms with van der Waals surface area (Å²) >= 11 is 0. The molecule has 4 atom stereocenters. The minimum absolute atomic E-state index is 0.0350. The number of nitrogens with two attached hydrogens (primary N) is 1. The SMILES string of the molecule is NC(=NO)c1cn[nH]c1NC(=O)C1C2C3CCC(C3)C12. The number of amidine groups is 1. The first-order valence-corrected chi connectivity index (χ1v) is 7.03. The average molecular weight is 275 g/mol. The van der Waals surface area contributed by atoms with Gasteiger partial charge in [0, 0.05) is 5.92 Å². The number of hydrogen-bond acceptors (Lipinski definition) is 4. The number of fused-ring (bicyclic) bond motifs is 5. The topological polar surface area (TPSA) is 116 Å².